The number of hydrogen-bond donors (Lipinski definition) is 0. The number of anilines is 1. The van der Waals surface area contributed by atoms with Crippen LogP contribution in [0.15, 0.2) is 42.5 Å². The molecular weight excluding hydrogens is 322 g/mol. The van der Waals surface area contributed by atoms with Crippen LogP contribution in [0.5, 0.6) is 0 Å². The summed E-state index contributed by atoms with van der Waals surface area (Å²) in [6, 6.07) is 14.8. The van der Waals surface area contributed by atoms with Crippen molar-refractivity contribution in [3.05, 3.63) is 59.4 Å². The van der Waals surface area contributed by atoms with E-state index in [0.717, 1.165) is 28.1 Å². The number of imidazole rings is 1. The van der Waals surface area contributed by atoms with E-state index in [9.17, 15) is 4.79 Å². The molecule has 4 nitrogen and oxygen atoms in total. The maximum absolute atomic E-state index is 12.8. The molecule has 0 aliphatic carbocycles. The van der Waals surface area contributed by atoms with Gasteiger partial charge in [-0.1, -0.05) is 29.8 Å². The zero-order valence-corrected chi connectivity index (χ0v) is 15.9. The number of aromatic nitrogens is 2. The molecule has 26 heavy (non-hydrogen) atoms. The van der Waals surface area contributed by atoms with Gasteiger partial charge in [0.05, 0.1) is 11.0 Å². The third-order valence-corrected chi connectivity index (χ3v) is 5.27. The smallest absolute Gasteiger partial charge is 0.227 e. The average Bonchev–Trinajstić information content (AvgIpc) is 3.15. The summed E-state index contributed by atoms with van der Waals surface area (Å²) in [6.45, 7) is 9.20. The van der Waals surface area contributed by atoms with E-state index in [1.807, 2.05) is 11.0 Å². The lowest BCUT2D eigenvalue weighted by atomic mass is 10.1. The molecule has 1 aliphatic rings. The largest absolute Gasteiger partial charge is 0.325 e. The van der Waals surface area contributed by atoms with E-state index >= 15 is 0 Å². The summed E-state index contributed by atoms with van der Waals surface area (Å²) in [7, 11) is 0. The second-order valence-electron chi connectivity index (χ2n) is 7.62. The summed E-state index contributed by atoms with van der Waals surface area (Å²) >= 11 is 0. The van der Waals surface area contributed by atoms with Crippen LogP contribution in [0, 0.1) is 13.8 Å². The van der Waals surface area contributed by atoms with Gasteiger partial charge >= 0.3 is 0 Å². The lowest BCUT2D eigenvalue weighted by molar-refractivity contribution is -0.117. The molecule has 1 aliphatic heterocycles. The van der Waals surface area contributed by atoms with Crippen LogP contribution in [0.25, 0.3) is 11.0 Å². The summed E-state index contributed by atoms with van der Waals surface area (Å²) in [5.41, 5.74) is 5.55. The third kappa shape index (κ3) is 2.70. The summed E-state index contributed by atoms with van der Waals surface area (Å²) in [5, 5.41) is 0. The fourth-order valence-corrected chi connectivity index (χ4v) is 4.12. The van der Waals surface area contributed by atoms with Gasteiger partial charge in [-0.25, -0.2) is 4.98 Å². The van der Waals surface area contributed by atoms with Crippen LogP contribution >= 0.6 is 0 Å². The van der Waals surface area contributed by atoms with Crippen LogP contribution < -0.4 is 4.90 Å². The molecule has 4 rings (SSSR count). The van der Waals surface area contributed by atoms with Crippen LogP contribution in [-0.2, 0) is 4.79 Å². The van der Waals surface area contributed by atoms with Gasteiger partial charge in [0.1, 0.15) is 5.82 Å². The van der Waals surface area contributed by atoms with Crippen molar-refractivity contribution in [2.24, 2.45) is 0 Å². The SMILES string of the molecule is Cc1ccc(N2CC(c3nc4ccccc4n3C(C)C)CC2=O)c(C)c1. The summed E-state index contributed by atoms with van der Waals surface area (Å²) in [5.74, 6) is 1.34. The molecule has 4 heteroatoms. The fraction of sp³-hybridized carbons (Fsp3) is 0.364. The maximum Gasteiger partial charge on any atom is 0.227 e. The zero-order valence-electron chi connectivity index (χ0n) is 15.9. The molecule has 0 radical (unpaired) electrons. The predicted octanol–water partition coefficient (Wildman–Crippen LogP) is 4.75. The standard InChI is InChI=1S/C22H25N3O/c1-14(2)25-20-8-6-5-7-18(20)23-22(25)17-12-21(26)24(13-17)19-10-9-15(3)11-16(19)4/h5-11,14,17H,12-13H2,1-4H3. The number of fused-ring (bicyclic) bond motifs is 1. The van der Waals surface area contributed by atoms with Gasteiger partial charge in [0, 0.05) is 30.6 Å². The Hall–Kier alpha value is -2.62. The van der Waals surface area contributed by atoms with E-state index in [0.29, 0.717) is 19.0 Å². The van der Waals surface area contributed by atoms with E-state index in [2.05, 4.69) is 68.7 Å². The second-order valence-corrected chi connectivity index (χ2v) is 7.62. The van der Waals surface area contributed by atoms with E-state index in [1.54, 1.807) is 0 Å². The van der Waals surface area contributed by atoms with E-state index < -0.39 is 0 Å². The van der Waals surface area contributed by atoms with Gasteiger partial charge in [0.25, 0.3) is 0 Å². The first-order valence-corrected chi connectivity index (χ1v) is 9.30. The first-order chi connectivity index (χ1) is 12.5. The number of para-hydroxylation sites is 2. The maximum atomic E-state index is 12.8. The number of amides is 1. The highest BCUT2D eigenvalue weighted by molar-refractivity contribution is 5.97. The van der Waals surface area contributed by atoms with E-state index in [1.165, 1.54) is 5.56 Å². The minimum atomic E-state index is 0.123. The number of hydrogen-bond acceptors (Lipinski definition) is 2. The average molecular weight is 347 g/mol. The van der Waals surface area contributed by atoms with Gasteiger partial charge in [0.15, 0.2) is 0 Å². The van der Waals surface area contributed by atoms with Gasteiger partial charge in [-0.05, 0) is 51.5 Å². The Bertz CT molecular complexity index is 986. The quantitative estimate of drug-likeness (QED) is 0.685. The van der Waals surface area contributed by atoms with Gasteiger partial charge in [0.2, 0.25) is 5.91 Å². The van der Waals surface area contributed by atoms with Crippen molar-refractivity contribution in [3.63, 3.8) is 0 Å². The van der Waals surface area contributed by atoms with Gasteiger partial charge < -0.3 is 9.47 Å². The molecule has 0 spiro atoms. The Morgan fingerprint density at radius 2 is 1.88 bits per heavy atom. The van der Waals surface area contributed by atoms with Crippen molar-refractivity contribution >= 4 is 22.6 Å². The zero-order chi connectivity index (χ0) is 18.4. The number of carbonyl (C=O) groups is 1. The Kier molecular flexibility index (Phi) is 4.06. The number of benzene rings is 2. The molecule has 134 valence electrons. The van der Waals surface area contributed by atoms with Crippen molar-refractivity contribution in [1.82, 2.24) is 9.55 Å². The van der Waals surface area contributed by atoms with Crippen molar-refractivity contribution < 1.29 is 4.79 Å². The van der Waals surface area contributed by atoms with Crippen LogP contribution in [0.3, 0.4) is 0 Å². The fourth-order valence-electron chi connectivity index (χ4n) is 4.12. The van der Waals surface area contributed by atoms with Crippen LogP contribution in [0.1, 0.15) is 49.2 Å². The molecule has 2 heterocycles. The molecular formula is C22H25N3O. The molecule has 1 atom stereocenters. The van der Waals surface area contributed by atoms with Gasteiger partial charge in [-0.2, -0.15) is 0 Å². The molecule has 1 amide bonds. The number of rotatable bonds is 3. The molecule has 0 bridgehead atoms. The second kappa shape index (κ2) is 6.27. The van der Waals surface area contributed by atoms with Crippen LogP contribution in [0.4, 0.5) is 5.69 Å². The van der Waals surface area contributed by atoms with Crippen LogP contribution in [0.2, 0.25) is 0 Å². The number of carbonyl (C=O) groups excluding carboxylic acids is 1. The van der Waals surface area contributed by atoms with Gasteiger partial charge in [-0.3, -0.25) is 4.79 Å². The number of aryl methyl sites for hydroxylation is 2. The molecule has 3 aromatic rings. The Morgan fingerprint density at radius 1 is 1.12 bits per heavy atom. The van der Waals surface area contributed by atoms with Crippen molar-refractivity contribution in [2.75, 3.05) is 11.4 Å². The Balaban J connectivity index is 1.73. The molecule has 0 N–H and O–H groups in total. The molecule has 2 aromatic carbocycles. The Labute approximate surface area is 154 Å². The lowest BCUT2D eigenvalue weighted by Gasteiger charge is -2.20. The van der Waals surface area contributed by atoms with E-state index in [-0.39, 0.29) is 11.8 Å². The lowest BCUT2D eigenvalue weighted by Crippen LogP contribution is -2.25. The highest BCUT2D eigenvalue weighted by Crippen LogP contribution is 2.35. The summed E-state index contributed by atoms with van der Waals surface area (Å²) in [6.07, 6.45) is 0.517. The predicted molar refractivity (Wildman–Crippen MR) is 106 cm³/mol. The van der Waals surface area contributed by atoms with Crippen LogP contribution in [-0.4, -0.2) is 22.0 Å². The number of nitrogens with zero attached hydrogens (tertiary/aromatic N) is 3. The molecule has 1 unspecified atom stereocenters. The van der Waals surface area contributed by atoms with Crippen molar-refractivity contribution in [1.29, 1.82) is 0 Å². The van der Waals surface area contributed by atoms with Gasteiger partial charge in [-0.15, -0.1) is 0 Å². The molecule has 1 saturated heterocycles. The normalized spacial score (nSPS) is 17.7. The van der Waals surface area contributed by atoms with E-state index in [4.69, 9.17) is 4.98 Å². The first kappa shape index (κ1) is 16.8. The third-order valence-electron chi connectivity index (χ3n) is 5.27. The monoisotopic (exact) mass is 347 g/mol. The molecule has 1 fully saturated rings. The molecule has 0 saturated carbocycles. The highest BCUT2D eigenvalue weighted by atomic mass is 16.2. The highest BCUT2D eigenvalue weighted by Gasteiger charge is 2.35. The minimum Gasteiger partial charge on any atom is -0.325 e. The van der Waals surface area contributed by atoms with Crippen molar-refractivity contribution in [2.45, 2.75) is 46.1 Å². The first-order valence-electron chi connectivity index (χ1n) is 9.30. The Morgan fingerprint density at radius 3 is 2.62 bits per heavy atom. The summed E-state index contributed by atoms with van der Waals surface area (Å²) < 4.78 is 2.29. The molecule has 1 aromatic heterocycles. The topological polar surface area (TPSA) is 38.1 Å². The van der Waals surface area contributed by atoms with Crippen molar-refractivity contribution in [3.8, 4) is 0 Å². The summed E-state index contributed by atoms with van der Waals surface area (Å²) in [4.78, 5) is 19.6. The minimum absolute atomic E-state index is 0.123.